The van der Waals surface area contributed by atoms with Gasteiger partial charge in [-0.3, -0.25) is 4.98 Å². The highest BCUT2D eigenvalue weighted by molar-refractivity contribution is 7.89. The Kier molecular flexibility index (Phi) is 5.90. The zero-order chi connectivity index (χ0) is 15.2. The second-order valence-electron chi connectivity index (χ2n) is 4.79. The number of rotatable bonds is 7. The van der Waals surface area contributed by atoms with Crippen molar-refractivity contribution < 1.29 is 13.6 Å². The van der Waals surface area contributed by atoms with E-state index >= 15 is 0 Å². The van der Waals surface area contributed by atoms with Crippen LogP contribution < -0.4 is 5.73 Å². The summed E-state index contributed by atoms with van der Waals surface area (Å²) < 4.78 is 26.3. The van der Waals surface area contributed by atoms with Gasteiger partial charge in [-0.2, -0.15) is 4.31 Å². The van der Waals surface area contributed by atoms with E-state index in [1.165, 1.54) is 22.8 Å². The fraction of sp³-hybridized carbons (Fsp3) is 0.500. The van der Waals surface area contributed by atoms with Crippen LogP contribution >= 0.6 is 0 Å². The van der Waals surface area contributed by atoms with Gasteiger partial charge in [0.1, 0.15) is 10.7 Å². The molecule has 1 aromatic heterocycles. The van der Waals surface area contributed by atoms with E-state index in [0.29, 0.717) is 6.54 Å². The molecule has 0 saturated carbocycles. The Labute approximate surface area is 119 Å². The number of sulfonamides is 1. The molecule has 0 amide bonds. The summed E-state index contributed by atoms with van der Waals surface area (Å²) in [7, 11) is -3.62. The number of aromatic nitrogens is 1. The molecule has 7 nitrogen and oxygen atoms in total. The number of nitrogens with two attached hydrogens (primary N) is 1. The first-order valence-electron chi connectivity index (χ1n) is 6.24. The van der Waals surface area contributed by atoms with E-state index in [0.717, 1.165) is 0 Å². The lowest BCUT2D eigenvalue weighted by atomic mass is 10.2. The summed E-state index contributed by atoms with van der Waals surface area (Å²) in [5, 5.41) is 11.4. The van der Waals surface area contributed by atoms with Crippen LogP contribution in [-0.4, -0.2) is 41.8 Å². The van der Waals surface area contributed by atoms with Crippen molar-refractivity contribution in [1.82, 2.24) is 9.29 Å². The number of nitrogens with zero attached hydrogens (tertiary/aromatic N) is 3. The van der Waals surface area contributed by atoms with E-state index in [1.807, 2.05) is 13.8 Å². The third-order valence-corrected chi connectivity index (χ3v) is 4.44. The normalized spacial score (nSPS) is 13.1. The first-order valence-corrected chi connectivity index (χ1v) is 7.68. The Morgan fingerprint density at radius 1 is 1.55 bits per heavy atom. The lowest BCUT2D eigenvalue weighted by Gasteiger charge is -2.23. The summed E-state index contributed by atoms with van der Waals surface area (Å²) in [5.41, 5.74) is 5.40. The fourth-order valence-electron chi connectivity index (χ4n) is 1.65. The van der Waals surface area contributed by atoms with Crippen LogP contribution in [0.1, 0.15) is 20.3 Å². The van der Waals surface area contributed by atoms with Gasteiger partial charge in [-0.1, -0.05) is 19.0 Å². The minimum absolute atomic E-state index is 0.000132. The van der Waals surface area contributed by atoms with Crippen molar-refractivity contribution in [2.45, 2.75) is 25.2 Å². The van der Waals surface area contributed by atoms with Crippen LogP contribution in [0.25, 0.3) is 0 Å². The maximum atomic E-state index is 12.5. The molecule has 0 aliphatic heterocycles. The third-order valence-electron chi connectivity index (χ3n) is 2.59. The van der Waals surface area contributed by atoms with Crippen molar-refractivity contribution in [3.8, 4) is 0 Å². The van der Waals surface area contributed by atoms with Crippen molar-refractivity contribution in [2.75, 3.05) is 13.1 Å². The fourth-order valence-corrected chi connectivity index (χ4v) is 3.22. The van der Waals surface area contributed by atoms with Gasteiger partial charge in [-0.25, -0.2) is 8.42 Å². The van der Waals surface area contributed by atoms with Gasteiger partial charge in [0.25, 0.3) is 0 Å². The molecule has 0 unspecified atom stereocenters. The minimum Gasteiger partial charge on any atom is -0.409 e. The molecule has 8 heteroatoms. The van der Waals surface area contributed by atoms with Crippen LogP contribution in [0.15, 0.2) is 34.6 Å². The molecule has 112 valence electrons. The Bertz CT molecular complexity index is 543. The SMILES string of the molecule is CC(C)CN(CCC(N)=NO)S(=O)(=O)c1cccnc1. The van der Waals surface area contributed by atoms with Gasteiger partial charge in [0.05, 0.1) is 0 Å². The van der Waals surface area contributed by atoms with E-state index < -0.39 is 10.0 Å². The van der Waals surface area contributed by atoms with Gasteiger partial charge in [-0.05, 0) is 18.1 Å². The van der Waals surface area contributed by atoms with Crippen LogP contribution in [0.2, 0.25) is 0 Å². The minimum atomic E-state index is -3.62. The van der Waals surface area contributed by atoms with Gasteiger partial charge in [0.2, 0.25) is 10.0 Å². The van der Waals surface area contributed by atoms with E-state index in [9.17, 15) is 8.42 Å². The third kappa shape index (κ3) is 4.46. The Balaban J connectivity index is 2.97. The number of hydrogen-bond donors (Lipinski definition) is 2. The van der Waals surface area contributed by atoms with E-state index in [2.05, 4.69) is 10.1 Å². The van der Waals surface area contributed by atoms with E-state index in [4.69, 9.17) is 10.9 Å². The molecule has 0 aliphatic carbocycles. The number of hydrogen-bond acceptors (Lipinski definition) is 5. The monoisotopic (exact) mass is 300 g/mol. The van der Waals surface area contributed by atoms with Crippen LogP contribution in [0.5, 0.6) is 0 Å². The molecular formula is C12H20N4O3S. The number of amidine groups is 1. The van der Waals surface area contributed by atoms with Crippen LogP contribution in [0.4, 0.5) is 0 Å². The molecule has 20 heavy (non-hydrogen) atoms. The summed E-state index contributed by atoms with van der Waals surface area (Å²) in [5.74, 6) is 0.161. The van der Waals surface area contributed by atoms with Crippen molar-refractivity contribution in [2.24, 2.45) is 16.8 Å². The lowest BCUT2D eigenvalue weighted by Crippen LogP contribution is -2.36. The second kappa shape index (κ2) is 7.20. The highest BCUT2D eigenvalue weighted by Crippen LogP contribution is 2.16. The summed E-state index contributed by atoms with van der Waals surface area (Å²) in [4.78, 5) is 3.97. The second-order valence-corrected chi connectivity index (χ2v) is 6.72. The molecule has 1 heterocycles. The molecule has 1 rings (SSSR count). The van der Waals surface area contributed by atoms with Crippen molar-refractivity contribution in [3.05, 3.63) is 24.5 Å². The lowest BCUT2D eigenvalue weighted by molar-refractivity contribution is 0.314. The highest BCUT2D eigenvalue weighted by Gasteiger charge is 2.25. The summed E-state index contributed by atoms with van der Waals surface area (Å²) in [6, 6.07) is 3.07. The van der Waals surface area contributed by atoms with Crippen molar-refractivity contribution >= 4 is 15.9 Å². The molecule has 0 fully saturated rings. The summed E-state index contributed by atoms with van der Waals surface area (Å²) >= 11 is 0. The summed E-state index contributed by atoms with van der Waals surface area (Å²) in [6.07, 6.45) is 3.00. The summed E-state index contributed by atoms with van der Waals surface area (Å²) in [6.45, 7) is 4.37. The average Bonchev–Trinajstić information content (AvgIpc) is 2.43. The van der Waals surface area contributed by atoms with Crippen LogP contribution in [0.3, 0.4) is 0 Å². The van der Waals surface area contributed by atoms with E-state index in [1.54, 1.807) is 6.07 Å². The zero-order valence-corrected chi connectivity index (χ0v) is 12.4. The van der Waals surface area contributed by atoms with Crippen molar-refractivity contribution in [3.63, 3.8) is 0 Å². The van der Waals surface area contributed by atoms with E-state index in [-0.39, 0.29) is 29.6 Å². The van der Waals surface area contributed by atoms with Gasteiger partial charge >= 0.3 is 0 Å². The predicted molar refractivity (Wildman–Crippen MR) is 75.9 cm³/mol. The zero-order valence-electron chi connectivity index (χ0n) is 11.6. The molecular weight excluding hydrogens is 280 g/mol. The molecule has 0 aliphatic rings. The molecule has 0 aromatic carbocycles. The standard InChI is InChI=1S/C12H20N4O3S/c1-10(2)9-16(7-5-12(13)15-17)20(18,19)11-4-3-6-14-8-11/h3-4,6,8,10,17H,5,7,9H2,1-2H3,(H2,13,15). The Morgan fingerprint density at radius 2 is 2.25 bits per heavy atom. The first-order chi connectivity index (χ1) is 9.37. The van der Waals surface area contributed by atoms with Gasteiger partial charge in [0, 0.05) is 31.9 Å². The largest absolute Gasteiger partial charge is 0.409 e. The molecule has 3 N–H and O–H groups in total. The molecule has 0 saturated heterocycles. The van der Waals surface area contributed by atoms with Crippen LogP contribution in [-0.2, 0) is 10.0 Å². The topological polar surface area (TPSA) is 109 Å². The molecule has 0 bridgehead atoms. The quantitative estimate of drug-likeness (QED) is 0.336. The maximum absolute atomic E-state index is 12.5. The number of oxime groups is 1. The van der Waals surface area contributed by atoms with Gasteiger partial charge in [0.15, 0.2) is 0 Å². The molecule has 1 aromatic rings. The smallest absolute Gasteiger partial charge is 0.244 e. The Morgan fingerprint density at radius 3 is 2.75 bits per heavy atom. The first kappa shape index (κ1) is 16.4. The number of pyridine rings is 1. The van der Waals surface area contributed by atoms with Gasteiger partial charge < -0.3 is 10.9 Å². The maximum Gasteiger partial charge on any atom is 0.244 e. The average molecular weight is 300 g/mol. The molecule has 0 radical (unpaired) electrons. The molecule has 0 atom stereocenters. The van der Waals surface area contributed by atoms with Crippen molar-refractivity contribution in [1.29, 1.82) is 0 Å². The van der Waals surface area contributed by atoms with Gasteiger partial charge in [-0.15, -0.1) is 0 Å². The predicted octanol–water partition coefficient (Wildman–Crippen LogP) is 0.865. The Hall–Kier alpha value is -1.67. The van der Waals surface area contributed by atoms with Crippen LogP contribution in [0, 0.1) is 5.92 Å². The molecule has 0 spiro atoms. The highest BCUT2D eigenvalue weighted by atomic mass is 32.2.